The van der Waals surface area contributed by atoms with Crippen LogP contribution < -0.4 is 9.44 Å². The third-order valence-corrected chi connectivity index (χ3v) is 14.8. The highest BCUT2D eigenvalue weighted by molar-refractivity contribution is 7.89. The number of nitrogens with zero attached hydrogens (tertiary/aromatic N) is 4. The third-order valence-electron chi connectivity index (χ3n) is 11.4. The molecule has 14 nitrogen and oxygen atoms in total. The second kappa shape index (κ2) is 15.5. The molecule has 4 aliphatic rings. The number of hydrogen-bond donors (Lipinski definition) is 2. The number of hydrogen-bond acceptors (Lipinski definition) is 8. The summed E-state index contributed by atoms with van der Waals surface area (Å²) >= 11 is 12.1. The van der Waals surface area contributed by atoms with Crippen molar-refractivity contribution in [1.29, 1.82) is 0 Å². The summed E-state index contributed by atoms with van der Waals surface area (Å²) in [6.07, 6.45) is 2.16. The molecule has 0 saturated carbocycles. The highest BCUT2D eigenvalue weighted by atomic mass is 35.5. The molecule has 4 heterocycles. The molecule has 4 aromatic rings. The number of rotatable bonds is 10. The molecule has 18 heteroatoms. The quantitative estimate of drug-likeness (QED) is 0.245. The predicted molar refractivity (Wildman–Crippen MR) is 213 cm³/mol. The van der Waals surface area contributed by atoms with Crippen LogP contribution in [0.4, 0.5) is 0 Å². The molecular formula is C39H40Cl2N6O8S2. The molecule has 4 amide bonds. The Bertz CT molecular complexity index is 2370. The summed E-state index contributed by atoms with van der Waals surface area (Å²) in [7, 11) is -8.10. The van der Waals surface area contributed by atoms with Gasteiger partial charge in [0.1, 0.15) is 12.1 Å². The Balaban J connectivity index is 0.837. The van der Waals surface area contributed by atoms with Gasteiger partial charge in [0.2, 0.25) is 43.7 Å². The van der Waals surface area contributed by atoms with E-state index in [0.29, 0.717) is 66.0 Å². The zero-order chi connectivity index (χ0) is 40.2. The van der Waals surface area contributed by atoms with E-state index < -0.39 is 43.9 Å². The Morgan fingerprint density at radius 3 is 1.39 bits per heavy atom. The Hall–Kier alpha value is -4.32. The summed E-state index contributed by atoms with van der Waals surface area (Å²) in [6.45, 7) is 0.745. The maximum absolute atomic E-state index is 13.5. The van der Waals surface area contributed by atoms with E-state index in [1.54, 1.807) is 58.3 Å². The van der Waals surface area contributed by atoms with Crippen molar-refractivity contribution in [2.45, 2.75) is 66.1 Å². The summed E-state index contributed by atoms with van der Waals surface area (Å²) in [5.41, 5.74) is 0. The van der Waals surface area contributed by atoms with E-state index in [4.69, 9.17) is 23.2 Å². The smallest absolute Gasteiger partial charge is 0.242 e. The van der Waals surface area contributed by atoms with Crippen LogP contribution in [0.3, 0.4) is 0 Å². The van der Waals surface area contributed by atoms with E-state index in [1.807, 2.05) is 0 Å². The van der Waals surface area contributed by atoms with E-state index in [9.17, 15) is 36.0 Å². The number of piperidine rings is 2. The van der Waals surface area contributed by atoms with Gasteiger partial charge >= 0.3 is 0 Å². The van der Waals surface area contributed by atoms with Gasteiger partial charge in [0.05, 0.1) is 35.0 Å². The van der Waals surface area contributed by atoms with Crippen LogP contribution in [0.15, 0.2) is 82.6 Å². The number of amides is 4. The minimum absolute atomic E-state index is 0.0169. The number of halogens is 2. The molecule has 0 radical (unpaired) electrons. The average molecular weight is 856 g/mol. The first kappa shape index (κ1) is 39.5. The Kier molecular flexibility index (Phi) is 10.7. The number of benzene rings is 4. The van der Waals surface area contributed by atoms with Crippen LogP contribution in [0.2, 0.25) is 10.0 Å². The molecule has 4 aliphatic heterocycles. The van der Waals surface area contributed by atoms with Gasteiger partial charge in [-0.25, -0.2) is 16.8 Å². The van der Waals surface area contributed by atoms with Gasteiger partial charge in [0.15, 0.2) is 0 Å². The maximum Gasteiger partial charge on any atom is 0.242 e. The van der Waals surface area contributed by atoms with Crippen LogP contribution in [0, 0.1) is 0 Å². The van der Waals surface area contributed by atoms with E-state index in [2.05, 4.69) is 9.44 Å². The fraction of sp³-hybridized carbons (Fsp3) is 0.385. The molecule has 57 heavy (non-hydrogen) atoms. The van der Waals surface area contributed by atoms with Crippen LogP contribution in [0.1, 0.15) is 32.1 Å². The van der Waals surface area contributed by atoms with Crippen LogP contribution in [0.5, 0.6) is 0 Å². The minimum atomic E-state index is -4.05. The highest BCUT2D eigenvalue weighted by Gasteiger charge is 2.48. The zero-order valence-corrected chi connectivity index (χ0v) is 33.8. The Morgan fingerprint density at radius 1 is 0.596 bits per heavy atom. The molecule has 0 unspecified atom stereocenters. The second-order valence-electron chi connectivity index (χ2n) is 15.1. The molecule has 0 spiro atoms. The standard InChI is InChI=1S/C39H40Cl2N6O8S2/c40-28-9-5-26-17-32(11-7-24(26)15-28)56(52,53)42-34-3-1-13-44(38(34)50)22-36(48)46-20-31-19-30(46)21-47(31)37(49)23-45-14-2-4-35(39(45)51)43-57(54,55)33-12-8-25-16-29(41)10-6-27(25)18-33/h5-12,15-18,30-31,34-35,42-43H,1-4,13-14,19-23H2/t30-,31+,34-,35-/m0/s1. The van der Waals surface area contributed by atoms with Gasteiger partial charge in [0.25, 0.3) is 0 Å². The number of nitrogens with one attached hydrogen (secondary N) is 2. The summed E-state index contributed by atoms with van der Waals surface area (Å²) in [5, 5.41) is 3.99. The lowest BCUT2D eigenvalue weighted by atomic mass is 10.1. The van der Waals surface area contributed by atoms with E-state index in [-0.39, 0.29) is 59.9 Å². The molecular weight excluding hydrogens is 816 g/mol. The topological polar surface area (TPSA) is 174 Å². The van der Waals surface area contributed by atoms with Crippen molar-refractivity contribution >= 4 is 88.4 Å². The summed E-state index contributed by atoms with van der Waals surface area (Å²) in [4.78, 5) is 60.2. The normalized spacial score (nSPS) is 22.9. The molecule has 2 bridgehead atoms. The van der Waals surface area contributed by atoms with Crippen molar-refractivity contribution in [3.8, 4) is 0 Å². The third kappa shape index (κ3) is 8.08. The predicted octanol–water partition coefficient (Wildman–Crippen LogP) is 3.35. The first-order chi connectivity index (χ1) is 27.1. The molecule has 4 atom stereocenters. The number of fused-ring (bicyclic) bond motifs is 4. The van der Waals surface area contributed by atoms with Crippen molar-refractivity contribution in [2.24, 2.45) is 0 Å². The van der Waals surface area contributed by atoms with Crippen molar-refractivity contribution in [1.82, 2.24) is 29.0 Å². The number of carbonyl (C=O) groups is 4. The van der Waals surface area contributed by atoms with E-state index >= 15 is 0 Å². The maximum atomic E-state index is 13.5. The fourth-order valence-corrected chi connectivity index (χ4v) is 11.3. The number of sulfonamides is 2. The van der Waals surface area contributed by atoms with Gasteiger partial charge in [-0.1, -0.05) is 47.5 Å². The number of piperazine rings is 1. The molecule has 4 saturated heterocycles. The van der Waals surface area contributed by atoms with E-state index in [0.717, 1.165) is 10.8 Å². The van der Waals surface area contributed by atoms with Crippen molar-refractivity contribution in [2.75, 3.05) is 39.3 Å². The van der Waals surface area contributed by atoms with Crippen LogP contribution in [0.25, 0.3) is 21.5 Å². The summed E-state index contributed by atoms with van der Waals surface area (Å²) < 4.78 is 58.3. The lowest BCUT2D eigenvalue weighted by molar-refractivity contribution is -0.147. The first-order valence-electron chi connectivity index (χ1n) is 18.7. The van der Waals surface area contributed by atoms with Gasteiger partial charge in [-0.05, 0) is 102 Å². The lowest BCUT2D eigenvalue weighted by Crippen LogP contribution is -2.58. The van der Waals surface area contributed by atoms with E-state index in [1.165, 1.54) is 34.1 Å². The summed E-state index contributed by atoms with van der Waals surface area (Å²) in [6, 6.07) is 17.0. The van der Waals surface area contributed by atoms with Gasteiger partial charge in [-0.3, -0.25) is 19.2 Å². The van der Waals surface area contributed by atoms with Crippen LogP contribution >= 0.6 is 23.2 Å². The molecule has 300 valence electrons. The Morgan fingerprint density at radius 2 is 0.982 bits per heavy atom. The number of likely N-dealkylation sites (tertiary alicyclic amines) is 4. The second-order valence-corrected chi connectivity index (χ2v) is 19.4. The molecule has 0 aliphatic carbocycles. The Labute approximate surface area is 340 Å². The molecule has 2 N–H and O–H groups in total. The van der Waals surface area contributed by atoms with Crippen molar-refractivity contribution in [3.63, 3.8) is 0 Å². The summed E-state index contributed by atoms with van der Waals surface area (Å²) in [5.74, 6) is -1.50. The molecule has 0 aromatic heterocycles. The van der Waals surface area contributed by atoms with Gasteiger partial charge < -0.3 is 19.6 Å². The minimum Gasteiger partial charge on any atom is -0.334 e. The SMILES string of the molecule is O=C1[C@@H](NS(=O)(=O)c2ccc3cc(Cl)ccc3c2)CCCN1CC(=O)N1C[C@@H]2C[C@@H]1CN2C(=O)CN1CCC[C@H](NS(=O)(=O)c2ccc3cc(Cl)ccc3c2)C1=O. The van der Waals surface area contributed by atoms with Gasteiger partial charge in [-0.2, -0.15) is 9.44 Å². The first-order valence-corrected chi connectivity index (χ1v) is 22.5. The lowest BCUT2D eigenvalue weighted by Gasteiger charge is -2.38. The fourth-order valence-electron chi connectivity index (χ4n) is 8.43. The van der Waals surface area contributed by atoms with Crippen molar-refractivity contribution < 1.29 is 36.0 Å². The highest BCUT2D eigenvalue weighted by Crippen LogP contribution is 2.32. The van der Waals surface area contributed by atoms with Gasteiger partial charge in [0, 0.05) is 36.2 Å². The molecule has 4 fully saturated rings. The van der Waals surface area contributed by atoms with Crippen LogP contribution in [-0.2, 0) is 39.2 Å². The molecule has 8 rings (SSSR count). The van der Waals surface area contributed by atoms with Gasteiger partial charge in [-0.15, -0.1) is 0 Å². The monoisotopic (exact) mass is 854 g/mol. The zero-order valence-electron chi connectivity index (χ0n) is 30.6. The largest absolute Gasteiger partial charge is 0.334 e. The number of carbonyl (C=O) groups excluding carboxylic acids is 4. The molecule has 4 aromatic carbocycles. The van der Waals surface area contributed by atoms with Crippen molar-refractivity contribution in [3.05, 3.63) is 82.8 Å². The average Bonchev–Trinajstić information content (AvgIpc) is 3.79. The van der Waals surface area contributed by atoms with Crippen LogP contribution in [-0.4, -0.2) is 123 Å².